The molecule has 0 aliphatic carbocycles. The minimum atomic E-state index is -1.32. The van der Waals surface area contributed by atoms with Crippen molar-refractivity contribution in [2.75, 3.05) is 0 Å². The van der Waals surface area contributed by atoms with Crippen molar-refractivity contribution in [3.8, 4) is 0 Å². The molecular formula is C11H9N3O2. The van der Waals surface area contributed by atoms with Gasteiger partial charge in [0.25, 0.3) is 0 Å². The first-order valence-corrected chi connectivity index (χ1v) is 4.48. The van der Waals surface area contributed by atoms with E-state index >= 15 is 0 Å². The average molecular weight is 215 g/mol. The van der Waals surface area contributed by atoms with Gasteiger partial charge in [0.05, 0.1) is 6.57 Å². The van der Waals surface area contributed by atoms with Crippen LogP contribution in [0.4, 0.5) is 5.69 Å². The van der Waals surface area contributed by atoms with Gasteiger partial charge in [-0.2, -0.15) is 4.79 Å². The molecular weight excluding hydrogens is 206 g/mol. The second-order valence-electron chi connectivity index (χ2n) is 3.15. The van der Waals surface area contributed by atoms with E-state index in [2.05, 4.69) is 9.63 Å². The summed E-state index contributed by atoms with van der Waals surface area (Å²) >= 11 is 0. The standard InChI is InChI=1S/C11H9N3O2/c1-7(15)10(14-12)11(16)8-4-3-5-9(6-8)13-2/h3-6,11,16H,1H3. The Hall–Kier alpha value is -2.28. The minimum absolute atomic E-state index is 0.344. The van der Waals surface area contributed by atoms with E-state index in [1.807, 2.05) is 0 Å². The fraction of sp³-hybridized carbons (Fsp3) is 0.182. The van der Waals surface area contributed by atoms with E-state index in [4.69, 9.17) is 12.1 Å². The van der Waals surface area contributed by atoms with E-state index in [1.165, 1.54) is 13.0 Å². The average Bonchev–Trinajstić information content (AvgIpc) is 2.29. The highest BCUT2D eigenvalue weighted by molar-refractivity contribution is 6.38. The van der Waals surface area contributed by atoms with Crippen LogP contribution in [0.1, 0.15) is 18.6 Å². The molecule has 16 heavy (non-hydrogen) atoms. The Bertz CT molecular complexity index is 510. The zero-order valence-electron chi connectivity index (χ0n) is 8.58. The normalized spacial score (nSPS) is 11.1. The zero-order chi connectivity index (χ0) is 12.1. The number of carbonyl (C=O) groups is 1. The topological polar surface area (TPSA) is 78.1 Å². The molecule has 0 radical (unpaired) electrons. The van der Waals surface area contributed by atoms with Gasteiger partial charge in [-0.1, -0.05) is 24.3 Å². The predicted octanol–water partition coefficient (Wildman–Crippen LogP) is 1.53. The van der Waals surface area contributed by atoms with Gasteiger partial charge in [-0.15, -0.1) is 0 Å². The van der Waals surface area contributed by atoms with Gasteiger partial charge in [0.2, 0.25) is 5.78 Å². The number of rotatable bonds is 3. The molecule has 80 valence electrons. The molecule has 0 saturated carbocycles. The maximum absolute atomic E-state index is 11.0. The molecule has 0 amide bonds. The second kappa shape index (κ2) is 4.99. The van der Waals surface area contributed by atoms with Crippen molar-refractivity contribution in [1.29, 1.82) is 0 Å². The summed E-state index contributed by atoms with van der Waals surface area (Å²) in [6, 6.07) is 6.15. The first kappa shape index (κ1) is 11.8. The summed E-state index contributed by atoms with van der Waals surface area (Å²) in [7, 11) is 0. The molecule has 0 fully saturated rings. The fourth-order valence-corrected chi connectivity index (χ4v) is 1.24. The summed E-state index contributed by atoms with van der Waals surface area (Å²) in [4.78, 5) is 17.0. The molecule has 1 atom stereocenters. The molecule has 1 aromatic carbocycles. The van der Waals surface area contributed by atoms with Crippen LogP contribution in [0.15, 0.2) is 24.3 Å². The number of aliphatic hydroxyl groups excluding tert-OH is 1. The minimum Gasteiger partial charge on any atom is -0.376 e. The second-order valence-corrected chi connectivity index (χ2v) is 3.15. The Labute approximate surface area is 92.4 Å². The monoisotopic (exact) mass is 215 g/mol. The van der Waals surface area contributed by atoms with Crippen molar-refractivity contribution >= 4 is 17.2 Å². The van der Waals surface area contributed by atoms with Gasteiger partial charge < -0.3 is 10.6 Å². The highest BCUT2D eigenvalue weighted by atomic mass is 16.3. The molecule has 1 rings (SSSR count). The van der Waals surface area contributed by atoms with Crippen molar-refractivity contribution < 1.29 is 14.7 Å². The van der Waals surface area contributed by atoms with Crippen LogP contribution in [0, 0.1) is 6.57 Å². The Kier molecular flexibility index (Phi) is 3.67. The summed E-state index contributed by atoms with van der Waals surface area (Å²) in [5, 5.41) is 9.76. The molecule has 0 saturated heterocycles. The fourth-order valence-electron chi connectivity index (χ4n) is 1.24. The Morgan fingerprint density at radius 1 is 1.56 bits per heavy atom. The zero-order valence-corrected chi connectivity index (χ0v) is 8.58. The highest BCUT2D eigenvalue weighted by Gasteiger charge is 2.27. The number of carbonyl (C=O) groups excluding carboxylic acids is 1. The summed E-state index contributed by atoms with van der Waals surface area (Å²) in [5.41, 5.74) is 8.94. The molecule has 0 spiro atoms. The molecule has 1 unspecified atom stereocenters. The lowest BCUT2D eigenvalue weighted by Gasteiger charge is -2.04. The molecule has 0 aliphatic heterocycles. The quantitative estimate of drug-likeness (QED) is 0.359. The Morgan fingerprint density at radius 3 is 2.75 bits per heavy atom. The van der Waals surface area contributed by atoms with E-state index < -0.39 is 11.9 Å². The number of hydrogen-bond donors (Lipinski definition) is 1. The third-order valence-corrected chi connectivity index (χ3v) is 2.04. The van der Waals surface area contributed by atoms with Gasteiger partial charge in [-0.25, -0.2) is 4.85 Å². The predicted molar refractivity (Wildman–Crippen MR) is 57.0 cm³/mol. The first-order valence-electron chi connectivity index (χ1n) is 4.48. The van der Waals surface area contributed by atoms with Gasteiger partial charge >= 0.3 is 5.71 Å². The molecule has 0 aliphatic rings. The number of Topliss-reactive ketones (excluding diaryl/α,β-unsaturated/α-hetero) is 1. The molecule has 1 aromatic rings. The van der Waals surface area contributed by atoms with Gasteiger partial charge in [0.15, 0.2) is 11.8 Å². The van der Waals surface area contributed by atoms with Crippen LogP contribution in [0.25, 0.3) is 10.4 Å². The van der Waals surface area contributed by atoms with Crippen molar-refractivity contribution in [2.24, 2.45) is 0 Å². The summed E-state index contributed by atoms with van der Waals surface area (Å²) in [6.45, 7) is 8.01. The number of nitrogens with zero attached hydrogens (tertiary/aromatic N) is 3. The summed E-state index contributed by atoms with van der Waals surface area (Å²) in [6.07, 6.45) is -1.32. The first-order chi connectivity index (χ1) is 7.60. The number of benzene rings is 1. The van der Waals surface area contributed by atoms with Crippen LogP contribution >= 0.6 is 0 Å². The maximum atomic E-state index is 11.0. The largest absolute Gasteiger partial charge is 0.376 e. The van der Waals surface area contributed by atoms with E-state index in [1.54, 1.807) is 18.2 Å². The van der Waals surface area contributed by atoms with E-state index in [0.717, 1.165) is 0 Å². The van der Waals surface area contributed by atoms with Crippen LogP contribution in [-0.4, -0.2) is 21.4 Å². The highest BCUT2D eigenvalue weighted by Crippen LogP contribution is 2.20. The maximum Gasteiger partial charge on any atom is 0.366 e. The number of ketones is 1. The van der Waals surface area contributed by atoms with Crippen LogP contribution in [-0.2, 0) is 4.79 Å². The number of hydrogen-bond acceptors (Lipinski definition) is 2. The van der Waals surface area contributed by atoms with Crippen LogP contribution < -0.4 is 0 Å². The Balaban J connectivity index is 3.15. The molecule has 0 bridgehead atoms. The molecule has 5 nitrogen and oxygen atoms in total. The Morgan fingerprint density at radius 2 is 2.25 bits per heavy atom. The molecule has 0 heterocycles. The summed E-state index contributed by atoms with van der Waals surface area (Å²) in [5.74, 6) is -0.525. The van der Waals surface area contributed by atoms with Crippen molar-refractivity contribution in [3.63, 3.8) is 0 Å². The molecule has 1 N–H and O–H groups in total. The van der Waals surface area contributed by atoms with Crippen LogP contribution in [0.3, 0.4) is 0 Å². The van der Waals surface area contributed by atoms with Gasteiger partial charge in [-0.3, -0.25) is 4.79 Å². The molecule has 0 aromatic heterocycles. The third-order valence-electron chi connectivity index (χ3n) is 2.04. The summed E-state index contributed by atoms with van der Waals surface area (Å²) < 4.78 is 0. The van der Waals surface area contributed by atoms with Crippen LogP contribution in [0.5, 0.6) is 0 Å². The molecule has 5 heteroatoms. The lowest BCUT2D eigenvalue weighted by molar-refractivity contribution is -0.117. The van der Waals surface area contributed by atoms with Crippen LogP contribution in [0.2, 0.25) is 0 Å². The lowest BCUT2D eigenvalue weighted by atomic mass is 10.0. The SMILES string of the molecule is [C-]#[N+]c1cccc(C(O)C(=[N+]=[N-])C(C)=O)c1. The van der Waals surface area contributed by atoms with Crippen molar-refractivity contribution in [1.82, 2.24) is 0 Å². The number of aliphatic hydroxyl groups is 1. The van der Waals surface area contributed by atoms with Gasteiger partial charge in [0, 0.05) is 6.92 Å². The lowest BCUT2D eigenvalue weighted by Crippen LogP contribution is -2.20. The van der Waals surface area contributed by atoms with E-state index in [-0.39, 0.29) is 5.71 Å². The van der Waals surface area contributed by atoms with Crippen molar-refractivity contribution in [3.05, 3.63) is 46.8 Å². The van der Waals surface area contributed by atoms with Gasteiger partial charge in [0.1, 0.15) is 0 Å². The smallest absolute Gasteiger partial charge is 0.366 e. The third kappa shape index (κ3) is 2.39. The van der Waals surface area contributed by atoms with E-state index in [0.29, 0.717) is 11.3 Å². The van der Waals surface area contributed by atoms with Gasteiger partial charge in [-0.05, 0) is 5.56 Å². The van der Waals surface area contributed by atoms with E-state index in [9.17, 15) is 9.90 Å². The van der Waals surface area contributed by atoms with Crippen molar-refractivity contribution in [2.45, 2.75) is 13.0 Å².